The monoisotopic (exact) mass is 313 g/mol. The number of aromatic amines is 1. The highest BCUT2D eigenvalue weighted by Gasteiger charge is 2.14. The molecule has 1 aliphatic rings. The first kappa shape index (κ1) is 16.2. The lowest BCUT2D eigenvalue weighted by Crippen LogP contribution is -2.40. The molecule has 0 saturated carbocycles. The van der Waals surface area contributed by atoms with Crippen molar-refractivity contribution in [1.82, 2.24) is 15.2 Å². The van der Waals surface area contributed by atoms with Gasteiger partial charge in [-0.3, -0.25) is 4.90 Å². The normalized spacial score (nSPS) is 17.2. The second kappa shape index (κ2) is 8.87. The van der Waals surface area contributed by atoms with Gasteiger partial charge in [0.1, 0.15) is 0 Å². The molecule has 1 aliphatic heterocycles. The molecule has 1 saturated heterocycles. The fourth-order valence-electron chi connectivity index (χ4n) is 3.18. The second-order valence-corrected chi connectivity index (χ2v) is 6.08. The largest absolute Gasteiger partial charge is 0.379 e. The molecule has 124 valence electrons. The number of ether oxygens (including phenoxy) is 1. The molecule has 2 N–H and O–H groups in total. The number of nitrogens with one attached hydrogen (secondary N) is 2. The van der Waals surface area contributed by atoms with Crippen LogP contribution in [-0.2, 0) is 4.74 Å². The molecule has 23 heavy (non-hydrogen) atoms. The van der Waals surface area contributed by atoms with E-state index in [1.165, 1.54) is 11.3 Å². The Balaban J connectivity index is 1.45. The molecule has 2 aromatic rings. The van der Waals surface area contributed by atoms with Gasteiger partial charge >= 0.3 is 0 Å². The van der Waals surface area contributed by atoms with Gasteiger partial charge in [0.2, 0.25) is 0 Å². The van der Waals surface area contributed by atoms with Gasteiger partial charge in [-0.05, 0) is 30.7 Å². The summed E-state index contributed by atoms with van der Waals surface area (Å²) in [6.45, 7) is 7.08. The van der Waals surface area contributed by atoms with Crippen molar-refractivity contribution in [3.05, 3.63) is 59.9 Å². The van der Waals surface area contributed by atoms with Crippen LogP contribution in [0.15, 0.2) is 48.7 Å². The van der Waals surface area contributed by atoms with Gasteiger partial charge in [-0.15, -0.1) is 0 Å². The fraction of sp³-hybridized carbons (Fsp3) is 0.474. The Morgan fingerprint density at radius 2 is 1.87 bits per heavy atom. The van der Waals surface area contributed by atoms with Crippen LogP contribution in [0.5, 0.6) is 0 Å². The number of rotatable bonds is 8. The van der Waals surface area contributed by atoms with Gasteiger partial charge in [0.25, 0.3) is 0 Å². The van der Waals surface area contributed by atoms with Crippen LogP contribution in [0.3, 0.4) is 0 Å². The van der Waals surface area contributed by atoms with Crippen molar-refractivity contribution in [3.8, 4) is 0 Å². The Labute approximate surface area is 138 Å². The highest BCUT2D eigenvalue weighted by molar-refractivity contribution is 5.28. The number of H-pyrrole nitrogens is 1. The minimum atomic E-state index is 0.432. The standard InChI is InChI=1S/C19H27N3O/c1-2-5-17(6-3-1)18(19-7-4-9-21-19)8-10-20-11-12-22-13-15-23-16-14-22/h1-7,9,18,20-21H,8,10-16H2. The van der Waals surface area contributed by atoms with Crippen molar-refractivity contribution >= 4 is 0 Å². The van der Waals surface area contributed by atoms with Crippen LogP contribution in [0.1, 0.15) is 23.6 Å². The maximum atomic E-state index is 5.38. The first-order valence-corrected chi connectivity index (χ1v) is 8.62. The third-order valence-electron chi connectivity index (χ3n) is 4.52. The average Bonchev–Trinajstić information content (AvgIpc) is 3.14. The average molecular weight is 313 g/mol. The minimum Gasteiger partial charge on any atom is -0.379 e. The first-order chi connectivity index (χ1) is 11.4. The summed E-state index contributed by atoms with van der Waals surface area (Å²) in [5.41, 5.74) is 2.68. The number of hydrogen-bond acceptors (Lipinski definition) is 3. The van der Waals surface area contributed by atoms with Crippen LogP contribution < -0.4 is 5.32 Å². The molecule has 0 amide bonds. The third-order valence-corrected chi connectivity index (χ3v) is 4.52. The zero-order valence-corrected chi connectivity index (χ0v) is 13.7. The molecule has 0 spiro atoms. The second-order valence-electron chi connectivity index (χ2n) is 6.08. The van der Waals surface area contributed by atoms with E-state index in [0.717, 1.165) is 52.4 Å². The molecule has 0 aliphatic carbocycles. The molecule has 1 aromatic carbocycles. The van der Waals surface area contributed by atoms with E-state index in [4.69, 9.17) is 4.74 Å². The topological polar surface area (TPSA) is 40.3 Å². The molecule has 1 unspecified atom stereocenters. The summed E-state index contributed by atoms with van der Waals surface area (Å²) in [7, 11) is 0. The summed E-state index contributed by atoms with van der Waals surface area (Å²) in [6.07, 6.45) is 3.12. The van der Waals surface area contributed by atoms with Crippen LogP contribution in [0.25, 0.3) is 0 Å². The molecule has 1 fully saturated rings. The van der Waals surface area contributed by atoms with E-state index >= 15 is 0 Å². The van der Waals surface area contributed by atoms with Crippen molar-refractivity contribution < 1.29 is 4.74 Å². The van der Waals surface area contributed by atoms with E-state index < -0.39 is 0 Å². The zero-order chi connectivity index (χ0) is 15.7. The molecule has 1 atom stereocenters. The summed E-state index contributed by atoms with van der Waals surface area (Å²) in [5.74, 6) is 0.432. The highest BCUT2D eigenvalue weighted by atomic mass is 16.5. The maximum Gasteiger partial charge on any atom is 0.0594 e. The lowest BCUT2D eigenvalue weighted by atomic mass is 9.92. The van der Waals surface area contributed by atoms with Gasteiger partial charge in [0.05, 0.1) is 13.2 Å². The summed E-state index contributed by atoms with van der Waals surface area (Å²) >= 11 is 0. The summed E-state index contributed by atoms with van der Waals surface area (Å²) in [5, 5.41) is 3.60. The van der Waals surface area contributed by atoms with E-state index in [2.05, 4.69) is 57.7 Å². The Hall–Kier alpha value is -1.62. The smallest absolute Gasteiger partial charge is 0.0594 e. The molecule has 3 rings (SSSR count). The fourth-order valence-corrected chi connectivity index (χ4v) is 3.18. The maximum absolute atomic E-state index is 5.38. The third kappa shape index (κ3) is 4.93. The molecule has 0 radical (unpaired) electrons. The number of hydrogen-bond donors (Lipinski definition) is 2. The Bertz CT molecular complexity index is 535. The van der Waals surface area contributed by atoms with Crippen molar-refractivity contribution in [2.45, 2.75) is 12.3 Å². The van der Waals surface area contributed by atoms with Crippen molar-refractivity contribution in [2.24, 2.45) is 0 Å². The van der Waals surface area contributed by atoms with E-state index in [9.17, 15) is 0 Å². The molecule has 4 heteroatoms. The van der Waals surface area contributed by atoms with Gasteiger partial charge in [0.15, 0.2) is 0 Å². The predicted octanol–water partition coefficient (Wildman–Crippen LogP) is 2.46. The van der Waals surface area contributed by atoms with Gasteiger partial charge in [0, 0.05) is 44.0 Å². The first-order valence-electron chi connectivity index (χ1n) is 8.62. The molecule has 1 aromatic heterocycles. The van der Waals surface area contributed by atoms with Gasteiger partial charge < -0.3 is 15.0 Å². The molecule has 2 heterocycles. The highest BCUT2D eigenvalue weighted by Crippen LogP contribution is 2.26. The van der Waals surface area contributed by atoms with Gasteiger partial charge in [-0.1, -0.05) is 30.3 Å². The van der Waals surface area contributed by atoms with Gasteiger partial charge in [-0.2, -0.15) is 0 Å². The van der Waals surface area contributed by atoms with E-state index in [0.29, 0.717) is 5.92 Å². The van der Waals surface area contributed by atoms with Gasteiger partial charge in [-0.25, -0.2) is 0 Å². The van der Waals surface area contributed by atoms with E-state index in [1.807, 2.05) is 6.20 Å². The van der Waals surface area contributed by atoms with Crippen molar-refractivity contribution in [3.63, 3.8) is 0 Å². The van der Waals surface area contributed by atoms with E-state index in [1.54, 1.807) is 0 Å². The van der Waals surface area contributed by atoms with Crippen LogP contribution in [0, 0.1) is 0 Å². The van der Waals surface area contributed by atoms with Crippen LogP contribution in [-0.4, -0.2) is 55.8 Å². The molecular formula is C19H27N3O. The zero-order valence-electron chi connectivity index (χ0n) is 13.7. The predicted molar refractivity (Wildman–Crippen MR) is 93.8 cm³/mol. The Morgan fingerprint density at radius 1 is 1.04 bits per heavy atom. The summed E-state index contributed by atoms with van der Waals surface area (Å²) in [6, 6.07) is 15.0. The molecule has 4 nitrogen and oxygen atoms in total. The number of nitrogens with zero attached hydrogens (tertiary/aromatic N) is 1. The van der Waals surface area contributed by atoms with Crippen molar-refractivity contribution in [2.75, 3.05) is 45.9 Å². The van der Waals surface area contributed by atoms with Crippen LogP contribution in [0.2, 0.25) is 0 Å². The van der Waals surface area contributed by atoms with Crippen molar-refractivity contribution in [1.29, 1.82) is 0 Å². The lowest BCUT2D eigenvalue weighted by Gasteiger charge is -2.26. The summed E-state index contributed by atoms with van der Waals surface area (Å²) < 4.78 is 5.38. The number of aromatic nitrogens is 1. The summed E-state index contributed by atoms with van der Waals surface area (Å²) in [4.78, 5) is 5.85. The molecule has 0 bridgehead atoms. The number of benzene rings is 1. The SMILES string of the molecule is c1ccc(C(CCNCCN2CCOCC2)c2ccc[nH]2)cc1. The molecular weight excluding hydrogens is 286 g/mol. The Kier molecular flexibility index (Phi) is 6.26. The Morgan fingerprint density at radius 3 is 2.61 bits per heavy atom. The van der Waals surface area contributed by atoms with Crippen LogP contribution in [0.4, 0.5) is 0 Å². The van der Waals surface area contributed by atoms with Crippen LogP contribution >= 0.6 is 0 Å². The van der Waals surface area contributed by atoms with E-state index in [-0.39, 0.29) is 0 Å². The minimum absolute atomic E-state index is 0.432. The lowest BCUT2D eigenvalue weighted by molar-refractivity contribution is 0.0384. The number of morpholine rings is 1. The quantitative estimate of drug-likeness (QED) is 0.736.